The van der Waals surface area contributed by atoms with Gasteiger partial charge < -0.3 is 10.0 Å². The van der Waals surface area contributed by atoms with Crippen molar-refractivity contribution in [3.63, 3.8) is 0 Å². The highest BCUT2D eigenvalue weighted by molar-refractivity contribution is 5.65. The second-order valence-corrected chi connectivity index (χ2v) is 3.44. The lowest BCUT2D eigenvalue weighted by Gasteiger charge is -2.33. The van der Waals surface area contributed by atoms with E-state index in [9.17, 15) is 4.79 Å². The Balaban J connectivity index is 2.51. The number of piperidine rings is 1. The van der Waals surface area contributed by atoms with Crippen LogP contribution in [0.3, 0.4) is 0 Å². The zero-order valence-corrected chi connectivity index (χ0v) is 7.08. The summed E-state index contributed by atoms with van der Waals surface area (Å²) in [6, 6.07) is 2.22. The second-order valence-electron chi connectivity index (χ2n) is 3.44. The van der Waals surface area contributed by atoms with E-state index in [1.807, 2.05) is 6.92 Å². The van der Waals surface area contributed by atoms with Gasteiger partial charge in [-0.05, 0) is 19.8 Å². The Morgan fingerprint density at radius 2 is 2.08 bits per heavy atom. The normalized spacial score (nSPS) is 21.5. The predicted molar refractivity (Wildman–Crippen MR) is 42.6 cm³/mol. The Morgan fingerprint density at radius 1 is 1.58 bits per heavy atom. The third-order valence-corrected chi connectivity index (χ3v) is 2.41. The van der Waals surface area contributed by atoms with Crippen molar-refractivity contribution in [1.82, 2.24) is 4.90 Å². The third kappa shape index (κ3) is 1.67. The fourth-order valence-corrected chi connectivity index (χ4v) is 1.30. The summed E-state index contributed by atoms with van der Waals surface area (Å²) in [5.41, 5.74) is -0.314. The third-order valence-electron chi connectivity index (χ3n) is 2.41. The summed E-state index contributed by atoms with van der Waals surface area (Å²) >= 11 is 0. The van der Waals surface area contributed by atoms with Crippen molar-refractivity contribution < 1.29 is 9.90 Å². The summed E-state index contributed by atoms with van der Waals surface area (Å²) in [6.45, 7) is 2.85. The Kier molecular flexibility index (Phi) is 2.22. The minimum atomic E-state index is -0.880. The van der Waals surface area contributed by atoms with E-state index in [0.717, 1.165) is 0 Å². The van der Waals surface area contributed by atoms with Crippen molar-refractivity contribution in [2.24, 2.45) is 5.41 Å². The first kappa shape index (κ1) is 8.85. The summed E-state index contributed by atoms with van der Waals surface area (Å²) in [7, 11) is 0. The van der Waals surface area contributed by atoms with Gasteiger partial charge in [-0.2, -0.15) is 5.26 Å². The molecule has 1 amide bonds. The van der Waals surface area contributed by atoms with Crippen LogP contribution in [0.25, 0.3) is 0 Å². The average Bonchev–Trinajstić information content (AvgIpc) is 2.05. The number of carbonyl (C=O) groups is 1. The van der Waals surface area contributed by atoms with Crippen molar-refractivity contribution in [1.29, 1.82) is 5.26 Å². The van der Waals surface area contributed by atoms with Gasteiger partial charge in [-0.15, -0.1) is 0 Å². The molecule has 4 heteroatoms. The molecule has 0 aromatic rings. The Hall–Kier alpha value is -1.24. The summed E-state index contributed by atoms with van der Waals surface area (Å²) < 4.78 is 0. The van der Waals surface area contributed by atoms with Crippen molar-refractivity contribution in [2.45, 2.75) is 19.8 Å². The lowest BCUT2D eigenvalue weighted by atomic mass is 9.82. The van der Waals surface area contributed by atoms with E-state index in [2.05, 4.69) is 6.07 Å². The van der Waals surface area contributed by atoms with Gasteiger partial charge in [0.2, 0.25) is 0 Å². The standard InChI is InChI=1S/C8H12N2O2/c1-8(6-9)2-4-10(5-3-8)7(11)12/h2-5H2,1H3,(H,11,12). The molecule has 0 saturated carbocycles. The van der Waals surface area contributed by atoms with Gasteiger partial charge in [0.15, 0.2) is 0 Å². The molecule has 1 rings (SSSR count). The quantitative estimate of drug-likeness (QED) is 0.592. The van der Waals surface area contributed by atoms with E-state index in [1.54, 1.807) is 0 Å². The van der Waals surface area contributed by atoms with Crippen LogP contribution in [0.15, 0.2) is 0 Å². The van der Waals surface area contributed by atoms with Gasteiger partial charge in [0.1, 0.15) is 0 Å². The van der Waals surface area contributed by atoms with Crippen LogP contribution in [0.2, 0.25) is 0 Å². The van der Waals surface area contributed by atoms with Crippen LogP contribution in [0.1, 0.15) is 19.8 Å². The Morgan fingerprint density at radius 3 is 2.42 bits per heavy atom. The number of hydrogen-bond acceptors (Lipinski definition) is 2. The number of likely N-dealkylation sites (tertiary alicyclic amines) is 1. The SMILES string of the molecule is CC1(C#N)CCN(C(=O)O)CC1. The Bertz CT molecular complexity index is 224. The molecular formula is C8H12N2O2. The summed E-state index contributed by atoms with van der Waals surface area (Å²) in [4.78, 5) is 11.9. The van der Waals surface area contributed by atoms with Gasteiger partial charge in [0, 0.05) is 13.1 Å². The topological polar surface area (TPSA) is 64.3 Å². The van der Waals surface area contributed by atoms with Crippen molar-refractivity contribution in [3.05, 3.63) is 0 Å². The average molecular weight is 168 g/mol. The van der Waals surface area contributed by atoms with Crippen LogP contribution in [-0.2, 0) is 0 Å². The lowest BCUT2D eigenvalue weighted by Crippen LogP contribution is -2.40. The van der Waals surface area contributed by atoms with Crippen LogP contribution >= 0.6 is 0 Å². The lowest BCUT2D eigenvalue weighted by molar-refractivity contribution is 0.115. The molecule has 1 heterocycles. The van der Waals surface area contributed by atoms with Gasteiger partial charge in [-0.3, -0.25) is 0 Å². The van der Waals surface area contributed by atoms with E-state index >= 15 is 0 Å². The van der Waals surface area contributed by atoms with Gasteiger partial charge in [0.05, 0.1) is 11.5 Å². The van der Waals surface area contributed by atoms with Crippen molar-refractivity contribution in [2.75, 3.05) is 13.1 Å². The van der Waals surface area contributed by atoms with Crippen LogP contribution in [0.4, 0.5) is 4.79 Å². The van der Waals surface area contributed by atoms with Crippen molar-refractivity contribution >= 4 is 6.09 Å². The maximum absolute atomic E-state index is 10.5. The zero-order valence-electron chi connectivity index (χ0n) is 7.08. The van der Waals surface area contributed by atoms with Crippen LogP contribution in [-0.4, -0.2) is 29.2 Å². The molecule has 0 unspecified atom stereocenters. The number of hydrogen-bond donors (Lipinski definition) is 1. The molecule has 0 bridgehead atoms. The molecule has 1 N–H and O–H groups in total. The molecular weight excluding hydrogens is 156 g/mol. The molecule has 0 aliphatic carbocycles. The summed E-state index contributed by atoms with van der Waals surface area (Å²) in [5.74, 6) is 0. The van der Waals surface area contributed by atoms with E-state index in [-0.39, 0.29) is 5.41 Å². The molecule has 0 radical (unpaired) electrons. The fraction of sp³-hybridized carbons (Fsp3) is 0.750. The van der Waals surface area contributed by atoms with Crippen LogP contribution in [0.5, 0.6) is 0 Å². The highest BCUT2D eigenvalue weighted by Gasteiger charge is 2.31. The van der Waals surface area contributed by atoms with E-state index in [4.69, 9.17) is 10.4 Å². The highest BCUT2D eigenvalue weighted by Crippen LogP contribution is 2.29. The molecule has 1 fully saturated rings. The molecule has 1 aliphatic heterocycles. The fourth-order valence-electron chi connectivity index (χ4n) is 1.30. The number of amides is 1. The Labute approximate surface area is 71.4 Å². The number of carboxylic acid groups (broad SMARTS) is 1. The first-order valence-electron chi connectivity index (χ1n) is 3.96. The van der Waals surface area contributed by atoms with Crippen LogP contribution in [0, 0.1) is 16.7 Å². The van der Waals surface area contributed by atoms with Gasteiger partial charge >= 0.3 is 6.09 Å². The van der Waals surface area contributed by atoms with Gasteiger partial charge in [-0.1, -0.05) is 0 Å². The minimum Gasteiger partial charge on any atom is -0.465 e. The van der Waals surface area contributed by atoms with Gasteiger partial charge in [-0.25, -0.2) is 4.79 Å². The second kappa shape index (κ2) is 3.02. The molecule has 0 aromatic carbocycles. The smallest absolute Gasteiger partial charge is 0.407 e. The number of rotatable bonds is 0. The number of nitriles is 1. The summed E-state index contributed by atoms with van der Waals surface area (Å²) in [6.07, 6.45) is 0.418. The number of nitrogens with zero attached hydrogens (tertiary/aromatic N) is 2. The van der Waals surface area contributed by atoms with E-state index in [1.165, 1.54) is 4.90 Å². The first-order chi connectivity index (χ1) is 5.57. The largest absolute Gasteiger partial charge is 0.465 e. The maximum atomic E-state index is 10.5. The highest BCUT2D eigenvalue weighted by atomic mass is 16.4. The van der Waals surface area contributed by atoms with Crippen molar-refractivity contribution in [3.8, 4) is 6.07 Å². The molecule has 4 nitrogen and oxygen atoms in total. The predicted octanol–water partition coefficient (Wildman–Crippen LogP) is 1.29. The molecule has 1 saturated heterocycles. The first-order valence-corrected chi connectivity index (χ1v) is 3.96. The summed E-state index contributed by atoms with van der Waals surface area (Å²) in [5, 5.41) is 17.4. The molecule has 1 aliphatic rings. The maximum Gasteiger partial charge on any atom is 0.407 e. The molecule has 66 valence electrons. The monoisotopic (exact) mass is 168 g/mol. The van der Waals surface area contributed by atoms with E-state index in [0.29, 0.717) is 25.9 Å². The van der Waals surface area contributed by atoms with E-state index < -0.39 is 6.09 Å². The molecule has 0 atom stereocenters. The molecule has 12 heavy (non-hydrogen) atoms. The molecule has 0 aromatic heterocycles. The van der Waals surface area contributed by atoms with Crippen LogP contribution < -0.4 is 0 Å². The van der Waals surface area contributed by atoms with Gasteiger partial charge in [0.25, 0.3) is 0 Å². The zero-order chi connectivity index (χ0) is 9.19. The molecule has 0 spiro atoms. The minimum absolute atomic E-state index is 0.314.